The van der Waals surface area contributed by atoms with Crippen molar-refractivity contribution in [3.63, 3.8) is 0 Å². The van der Waals surface area contributed by atoms with Crippen molar-refractivity contribution in [2.45, 2.75) is 6.92 Å². The number of hydrogen-bond donors (Lipinski definition) is 0. The Morgan fingerprint density at radius 1 is 1.60 bits per heavy atom. The van der Waals surface area contributed by atoms with Gasteiger partial charge in [0.1, 0.15) is 0 Å². The normalized spacial score (nSPS) is 9.40. The monoisotopic (exact) mass is 136 g/mol. The first kappa shape index (κ1) is 7.06. The van der Waals surface area contributed by atoms with Gasteiger partial charge >= 0.3 is 0 Å². The molecule has 0 N–H and O–H groups in total. The van der Waals surface area contributed by atoms with Gasteiger partial charge in [-0.15, -0.1) is 0 Å². The third-order valence-electron chi connectivity index (χ3n) is 1.09. The molecular formula is C8H10NO. The molecule has 0 bridgehead atoms. The van der Waals surface area contributed by atoms with Crippen LogP contribution in [0.4, 0.5) is 0 Å². The summed E-state index contributed by atoms with van der Waals surface area (Å²) in [7, 11) is 0. The second-order valence-electron chi connectivity index (χ2n) is 1.94. The highest BCUT2D eigenvalue weighted by Crippen LogP contribution is 2.05. The molecule has 0 saturated carbocycles. The average molecular weight is 136 g/mol. The maximum Gasteiger partial charge on any atom is 0.213 e. The van der Waals surface area contributed by atoms with E-state index in [9.17, 15) is 0 Å². The molecule has 0 aromatic carbocycles. The first-order chi connectivity index (χ1) is 4.83. The molecule has 0 unspecified atom stereocenters. The molecule has 2 heteroatoms. The maximum absolute atomic E-state index is 5.12. The van der Waals surface area contributed by atoms with E-state index < -0.39 is 0 Å². The Kier molecular flexibility index (Phi) is 2.26. The lowest BCUT2D eigenvalue weighted by atomic mass is 10.3. The zero-order chi connectivity index (χ0) is 7.40. The van der Waals surface area contributed by atoms with Crippen LogP contribution in [0.5, 0.6) is 5.88 Å². The van der Waals surface area contributed by atoms with Gasteiger partial charge in [0.05, 0.1) is 6.61 Å². The van der Waals surface area contributed by atoms with Gasteiger partial charge in [-0.25, -0.2) is 4.98 Å². The van der Waals surface area contributed by atoms with Crippen molar-refractivity contribution < 1.29 is 4.74 Å². The summed E-state index contributed by atoms with van der Waals surface area (Å²) in [6.07, 6.45) is 1.69. The standard InChI is InChI=1S/C8H10NO/c1-3-10-8-5-4-7(2)6-9-8/h4-6H,2-3H2,1H3. The van der Waals surface area contributed by atoms with Crippen molar-refractivity contribution in [3.05, 3.63) is 30.8 Å². The summed E-state index contributed by atoms with van der Waals surface area (Å²) in [5.74, 6) is 0.662. The molecule has 1 rings (SSSR count). The zero-order valence-electron chi connectivity index (χ0n) is 6.00. The molecule has 53 valence electrons. The van der Waals surface area contributed by atoms with E-state index in [-0.39, 0.29) is 0 Å². The molecule has 1 radical (unpaired) electrons. The van der Waals surface area contributed by atoms with E-state index >= 15 is 0 Å². The fourth-order valence-electron chi connectivity index (χ4n) is 0.644. The Morgan fingerprint density at radius 2 is 2.40 bits per heavy atom. The Hall–Kier alpha value is -1.05. The number of pyridine rings is 1. The molecule has 0 atom stereocenters. The summed E-state index contributed by atoms with van der Waals surface area (Å²) >= 11 is 0. The van der Waals surface area contributed by atoms with Crippen molar-refractivity contribution in [2.75, 3.05) is 6.61 Å². The van der Waals surface area contributed by atoms with E-state index in [0.29, 0.717) is 12.5 Å². The highest BCUT2D eigenvalue weighted by molar-refractivity contribution is 5.19. The molecule has 1 aromatic rings. The van der Waals surface area contributed by atoms with Gasteiger partial charge in [-0.05, 0) is 19.4 Å². The summed E-state index contributed by atoms with van der Waals surface area (Å²) in [5.41, 5.74) is 0.906. The minimum atomic E-state index is 0.656. The topological polar surface area (TPSA) is 22.1 Å². The smallest absolute Gasteiger partial charge is 0.213 e. The number of rotatable bonds is 2. The highest BCUT2D eigenvalue weighted by Gasteiger charge is 1.89. The summed E-state index contributed by atoms with van der Waals surface area (Å²) in [6.45, 7) is 6.29. The van der Waals surface area contributed by atoms with Crippen molar-refractivity contribution in [3.8, 4) is 5.88 Å². The number of ether oxygens (including phenoxy) is 1. The first-order valence-corrected chi connectivity index (χ1v) is 3.23. The number of nitrogens with zero attached hydrogens (tertiary/aromatic N) is 1. The van der Waals surface area contributed by atoms with Gasteiger partial charge in [-0.2, -0.15) is 0 Å². The molecule has 0 saturated heterocycles. The molecule has 0 fully saturated rings. The van der Waals surface area contributed by atoms with Crippen LogP contribution in [0.3, 0.4) is 0 Å². The lowest BCUT2D eigenvalue weighted by Crippen LogP contribution is -1.93. The molecule has 2 nitrogen and oxygen atoms in total. The summed E-state index contributed by atoms with van der Waals surface area (Å²) in [4.78, 5) is 3.98. The molecule has 0 aliphatic heterocycles. The van der Waals surface area contributed by atoms with E-state index in [0.717, 1.165) is 5.56 Å². The summed E-state index contributed by atoms with van der Waals surface area (Å²) in [6, 6.07) is 3.68. The summed E-state index contributed by atoms with van der Waals surface area (Å²) in [5, 5.41) is 0. The molecule has 1 heterocycles. The Morgan fingerprint density at radius 3 is 2.90 bits per heavy atom. The minimum absolute atomic E-state index is 0.656. The second-order valence-corrected chi connectivity index (χ2v) is 1.94. The SMILES string of the molecule is [CH2]c1ccc(OCC)nc1. The fourth-order valence-corrected chi connectivity index (χ4v) is 0.644. The second kappa shape index (κ2) is 3.20. The van der Waals surface area contributed by atoms with Crippen LogP contribution in [0.15, 0.2) is 18.3 Å². The Bertz CT molecular complexity index is 193. The molecule has 0 aliphatic carbocycles. The van der Waals surface area contributed by atoms with E-state index in [1.165, 1.54) is 0 Å². The van der Waals surface area contributed by atoms with E-state index in [4.69, 9.17) is 4.74 Å². The molecular weight excluding hydrogens is 126 g/mol. The van der Waals surface area contributed by atoms with Crippen molar-refractivity contribution in [1.82, 2.24) is 4.98 Å². The lowest BCUT2D eigenvalue weighted by Gasteiger charge is -1.99. The van der Waals surface area contributed by atoms with Gasteiger partial charge in [0.15, 0.2) is 0 Å². The van der Waals surface area contributed by atoms with Crippen molar-refractivity contribution in [1.29, 1.82) is 0 Å². The van der Waals surface area contributed by atoms with E-state index in [2.05, 4.69) is 11.9 Å². The van der Waals surface area contributed by atoms with Gasteiger partial charge < -0.3 is 4.74 Å². The predicted molar refractivity (Wildman–Crippen MR) is 39.9 cm³/mol. The summed E-state index contributed by atoms with van der Waals surface area (Å²) < 4.78 is 5.12. The molecule has 10 heavy (non-hydrogen) atoms. The Labute approximate surface area is 60.9 Å². The molecule has 0 aliphatic rings. The van der Waals surface area contributed by atoms with Crippen LogP contribution >= 0.6 is 0 Å². The van der Waals surface area contributed by atoms with Crippen LogP contribution in [-0.2, 0) is 0 Å². The van der Waals surface area contributed by atoms with E-state index in [1.54, 1.807) is 6.20 Å². The van der Waals surface area contributed by atoms with Gasteiger partial charge in [0.25, 0.3) is 0 Å². The van der Waals surface area contributed by atoms with Gasteiger partial charge in [-0.3, -0.25) is 0 Å². The third kappa shape index (κ3) is 1.72. The van der Waals surface area contributed by atoms with Crippen LogP contribution in [0.25, 0.3) is 0 Å². The largest absolute Gasteiger partial charge is 0.478 e. The van der Waals surface area contributed by atoms with Crippen LogP contribution in [0.2, 0.25) is 0 Å². The van der Waals surface area contributed by atoms with Gasteiger partial charge in [-0.1, -0.05) is 6.07 Å². The number of aromatic nitrogens is 1. The quantitative estimate of drug-likeness (QED) is 0.616. The first-order valence-electron chi connectivity index (χ1n) is 3.23. The molecule has 0 spiro atoms. The molecule has 1 aromatic heterocycles. The van der Waals surface area contributed by atoms with Crippen LogP contribution in [0.1, 0.15) is 12.5 Å². The highest BCUT2D eigenvalue weighted by atomic mass is 16.5. The van der Waals surface area contributed by atoms with Crippen molar-refractivity contribution in [2.24, 2.45) is 0 Å². The average Bonchev–Trinajstić information content (AvgIpc) is 1.95. The van der Waals surface area contributed by atoms with E-state index in [1.807, 2.05) is 19.1 Å². The Balaban J connectivity index is 2.69. The maximum atomic E-state index is 5.12. The van der Waals surface area contributed by atoms with Crippen LogP contribution < -0.4 is 4.74 Å². The predicted octanol–water partition coefficient (Wildman–Crippen LogP) is 1.66. The minimum Gasteiger partial charge on any atom is -0.478 e. The third-order valence-corrected chi connectivity index (χ3v) is 1.09. The molecule has 0 amide bonds. The lowest BCUT2D eigenvalue weighted by molar-refractivity contribution is 0.327. The van der Waals surface area contributed by atoms with Crippen LogP contribution in [0, 0.1) is 6.92 Å². The van der Waals surface area contributed by atoms with Gasteiger partial charge in [0.2, 0.25) is 5.88 Å². The van der Waals surface area contributed by atoms with Crippen LogP contribution in [-0.4, -0.2) is 11.6 Å². The van der Waals surface area contributed by atoms with Crippen molar-refractivity contribution >= 4 is 0 Å². The zero-order valence-corrected chi connectivity index (χ0v) is 6.00. The fraction of sp³-hybridized carbons (Fsp3) is 0.250. The number of hydrogen-bond acceptors (Lipinski definition) is 2. The van der Waals surface area contributed by atoms with Gasteiger partial charge in [0, 0.05) is 12.3 Å².